The van der Waals surface area contributed by atoms with E-state index in [-0.39, 0.29) is 17.7 Å². The lowest BCUT2D eigenvalue weighted by Crippen LogP contribution is -2.60. The molecule has 0 saturated heterocycles. The Labute approximate surface area is 212 Å². The predicted octanol–water partition coefficient (Wildman–Crippen LogP) is 5.44. The Bertz CT molecular complexity index is 897. The van der Waals surface area contributed by atoms with Crippen molar-refractivity contribution in [2.45, 2.75) is 119 Å². The predicted molar refractivity (Wildman–Crippen MR) is 141 cm³/mol. The highest BCUT2D eigenvalue weighted by atomic mass is 16.6. The Morgan fingerprint density at radius 2 is 1.34 bits per heavy atom. The quantitative estimate of drug-likeness (QED) is 0.557. The van der Waals surface area contributed by atoms with Gasteiger partial charge >= 0.3 is 6.09 Å². The zero-order chi connectivity index (χ0) is 27.5. The highest BCUT2D eigenvalue weighted by Gasteiger charge is 2.43. The van der Waals surface area contributed by atoms with Crippen LogP contribution in [0.2, 0.25) is 0 Å². The van der Waals surface area contributed by atoms with Gasteiger partial charge in [0.05, 0.1) is 0 Å². The summed E-state index contributed by atoms with van der Waals surface area (Å²) in [5, 5.41) is 5.82. The molecule has 0 aliphatic heterocycles. The van der Waals surface area contributed by atoms with Gasteiger partial charge in [0.1, 0.15) is 17.7 Å². The largest absolute Gasteiger partial charge is 0.444 e. The summed E-state index contributed by atoms with van der Waals surface area (Å²) in [5.74, 6) is -0.845. The van der Waals surface area contributed by atoms with Gasteiger partial charge in [-0.1, -0.05) is 43.2 Å². The molecule has 35 heavy (non-hydrogen) atoms. The van der Waals surface area contributed by atoms with E-state index in [0.29, 0.717) is 0 Å². The van der Waals surface area contributed by atoms with E-state index < -0.39 is 34.9 Å². The number of hydrogen-bond donors (Lipinski definition) is 2. The van der Waals surface area contributed by atoms with E-state index in [4.69, 9.17) is 4.74 Å². The summed E-state index contributed by atoms with van der Waals surface area (Å²) >= 11 is 0. The van der Waals surface area contributed by atoms with Crippen molar-refractivity contribution in [3.05, 3.63) is 34.9 Å². The van der Waals surface area contributed by atoms with Crippen molar-refractivity contribution in [2.24, 2.45) is 5.92 Å². The van der Waals surface area contributed by atoms with E-state index in [1.165, 1.54) is 0 Å². The van der Waals surface area contributed by atoms with Crippen LogP contribution in [0.25, 0.3) is 0 Å². The molecule has 1 aromatic carbocycles. The number of benzene rings is 1. The fourth-order valence-corrected chi connectivity index (χ4v) is 3.97. The minimum atomic E-state index is -0.887. The fraction of sp³-hybridized carbons (Fsp3) is 0.679. The molecule has 2 atom stereocenters. The van der Waals surface area contributed by atoms with E-state index in [1.54, 1.807) is 25.7 Å². The molecule has 0 aromatic heterocycles. The molecule has 0 aliphatic carbocycles. The van der Waals surface area contributed by atoms with Crippen LogP contribution in [0.3, 0.4) is 0 Å². The molecule has 0 fully saturated rings. The third-order valence-corrected chi connectivity index (χ3v) is 5.13. The average Bonchev–Trinajstić information content (AvgIpc) is 2.58. The lowest BCUT2D eigenvalue weighted by molar-refractivity contribution is -0.149. The lowest BCUT2D eigenvalue weighted by Gasteiger charge is -2.44. The molecule has 0 heterocycles. The number of nitrogens with one attached hydrogen (secondary N) is 2. The van der Waals surface area contributed by atoms with E-state index in [2.05, 4.69) is 10.6 Å². The Morgan fingerprint density at radius 3 is 1.71 bits per heavy atom. The first-order valence-electron chi connectivity index (χ1n) is 12.4. The van der Waals surface area contributed by atoms with Crippen molar-refractivity contribution in [1.82, 2.24) is 15.5 Å². The van der Waals surface area contributed by atoms with Crippen LogP contribution < -0.4 is 10.6 Å². The number of nitrogens with zero attached hydrogens (tertiary/aromatic N) is 1. The highest BCUT2D eigenvalue weighted by Crippen LogP contribution is 2.32. The van der Waals surface area contributed by atoms with Crippen LogP contribution >= 0.6 is 0 Å². The molecule has 2 N–H and O–H groups in total. The summed E-state index contributed by atoms with van der Waals surface area (Å²) in [6.45, 7) is 24.4. The monoisotopic (exact) mass is 489 g/mol. The molecule has 1 aromatic rings. The maximum Gasteiger partial charge on any atom is 0.408 e. The third-order valence-electron chi connectivity index (χ3n) is 5.13. The Hall–Kier alpha value is -2.57. The molecule has 0 spiro atoms. The standard InChI is InChI=1S/C28H47N3O4/c1-17(2)21(29-25(34)35-28(11,12)13)24(33)31(27(8,9)10)22(23(32)30-26(5,6)7)20-15-18(3)14-19(4)16-20/h14-17,21-22H,1-13H3,(H,29,34)(H,30,32). The van der Waals surface area contributed by atoms with Gasteiger partial charge < -0.3 is 20.3 Å². The summed E-state index contributed by atoms with van der Waals surface area (Å²) in [6.07, 6.45) is -0.666. The number of carbonyl (C=O) groups excluding carboxylic acids is 3. The van der Waals surface area contributed by atoms with Gasteiger partial charge in [-0.05, 0) is 87.6 Å². The maximum absolute atomic E-state index is 14.2. The van der Waals surface area contributed by atoms with Gasteiger partial charge in [-0.3, -0.25) is 9.59 Å². The second kappa shape index (κ2) is 11.0. The first-order chi connectivity index (χ1) is 15.6. The molecule has 0 bridgehead atoms. The minimum Gasteiger partial charge on any atom is -0.444 e. The van der Waals surface area contributed by atoms with Crippen molar-refractivity contribution >= 4 is 17.9 Å². The molecular formula is C28H47N3O4. The van der Waals surface area contributed by atoms with E-state index in [1.807, 2.05) is 87.4 Å². The van der Waals surface area contributed by atoms with Gasteiger partial charge in [0.15, 0.2) is 0 Å². The molecule has 0 aliphatic rings. The second-order valence-corrected chi connectivity index (χ2v) is 12.8. The summed E-state index contributed by atoms with van der Waals surface area (Å²) < 4.78 is 5.42. The van der Waals surface area contributed by atoms with E-state index in [0.717, 1.165) is 16.7 Å². The van der Waals surface area contributed by atoms with Crippen molar-refractivity contribution < 1.29 is 19.1 Å². The van der Waals surface area contributed by atoms with Gasteiger partial charge in [0.2, 0.25) is 11.8 Å². The molecule has 2 unspecified atom stereocenters. The first-order valence-corrected chi connectivity index (χ1v) is 12.4. The van der Waals surface area contributed by atoms with Crippen LogP contribution in [0.1, 0.15) is 98.9 Å². The molecule has 7 nitrogen and oxygen atoms in total. The third kappa shape index (κ3) is 9.54. The van der Waals surface area contributed by atoms with Crippen molar-refractivity contribution in [3.8, 4) is 0 Å². The summed E-state index contributed by atoms with van der Waals surface area (Å²) in [6, 6.07) is 4.16. The van der Waals surface area contributed by atoms with Crippen LogP contribution in [0.15, 0.2) is 18.2 Å². The number of amides is 3. The summed E-state index contributed by atoms with van der Waals surface area (Å²) in [7, 11) is 0. The molecule has 0 radical (unpaired) electrons. The molecule has 3 amide bonds. The van der Waals surface area contributed by atoms with Gasteiger partial charge in [-0.2, -0.15) is 0 Å². The molecule has 1 rings (SSSR count). The highest BCUT2D eigenvalue weighted by molar-refractivity contribution is 5.93. The van der Waals surface area contributed by atoms with E-state index in [9.17, 15) is 14.4 Å². The maximum atomic E-state index is 14.2. The topological polar surface area (TPSA) is 87.7 Å². The second-order valence-electron chi connectivity index (χ2n) is 12.8. The Kier molecular flexibility index (Phi) is 9.58. The first kappa shape index (κ1) is 30.5. The lowest BCUT2D eigenvalue weighted by atomic mass is 9.91. The van der Waals surface area contributed by atoms with Crippen LogP contribution in [-0.2, 0) is 14.3 Å². The molecule has 198 valence electrons. The molecular weight excluding hydrogens is 442 g/mol. The van der Waals surface area contributed by atoms with Crippen molar-refractivity contribution in [1.29, 1.82) is 0 Å². The number of aryl methyl sites for hydroxylation is 2. The Morgan fingerprint density at radius 1 is 0.857 bits per heavy atom. The van der Waals surface area contributed by atoms with Gasteiger partial charge in [0, 0.05) is 11.1 Å². The normalized spacial score (nSPS) is 14.2. The number of alkyl carbamates (subject to hydrolysis) is 1. The van der Waals surface area contributed by atoms with Crippen LogP contribution in [0, 0.1) is 19.8 Å². The Balaban J connectivity index is 3.66. The number of hydrogen-bond acceptors (Lipinski definition) is 4. The van der Waals surface area contributed by atoms with E-state index >= 15 is 0 Å². The van der Waals surface area contributed by atoms with Crippen molar-refractivity contribution in [2.75, 3.05) is 0 Å². The van der Waals surface area contributed by atoms with Crippen molar-refractivity contribution in [3.63, 3.8) is 0 Å². The smallest absolute Gasteiger partial charge is 0.408 e. The van der Waals surface area contributed by atoms with Gasteiger partial charge in [-0.15, -0.1) is 0 Å². The minimum absolute atomic E-state index is 0.231. The van der Waals surface area contributed by atoms with Crippen LogP contribution in [-0.4, -0.2) is 45.5 Å². The van der Waals surface area contributed by atoms with Crippen LogP contribution in [0.4, 0.5) is 4.79 Å². The summed E-state index contributed by atoms with van der Waals surface area (Å²) in [5.41, 5.74) is 0.813. The zero-order valence-corrected chi connectivity index (χ0v) is 24.0. The zero-order valence-electron chi connectivity index (χ0n) is 24.0. The molecule has 0 saturated carbocycles. The van der Waals surface area contributed by atoms with Gasteiger partial charge in [-0.25, -0.2) is 4.79 Å². The van der Waals surface area contributed by atoms with Crippen LogP contribution in [0.5, 0.6) is 0 Å². The molecule has 7 heteroatoms. The number of rotatable bonds is 6. The summed E-state index contributed by atoms with van der Waals surface area (Å²) in [4.78, 5) is 42.1. The SMILES string of the molecule is Cc1cc(C)cc(C(C(=O)NC(C)(C)C)N(C(=O)C(NC(=O)OC(C)(C)C)C(C)C)C(C)(C)C)c1. The van der Waals surface area contributed by atoms with Gasteiger partial charge in [0.25, 0.3) is 0 Å². The average molecular weight is 490 g/mol. The fourth-order valence-electron chi connectivity index (χ4n) is 3.97. The number of carbonyl (C=O) groups is 3. The number of ether oxygens (including phenoxy) is 1.